The molecule has 0 atom stereocenters. The Morgan fingerprint density at radius 2 is 1.22 bits per heavy atom. The van der Waals surface area contributed by atoms with Crippen LogP contribution < -0.4 is 0 Å². The van der Waals surface area contributed by atoms with Crippen LogP contribution in [0, 0.1) is 12.3 Å². The Bertz CT molecular complexity index is 301. The smallest absolute Gasteiger partial charge is 0.308 e. The molecule has 0 unspecified atom stereocenters. The maximum atomic E-state index is 11.0. The van der Waals surface area contributed by atoms with E-state index in [-0.39, 0.29) is 12.4 Å². The molecular weight excluding hydrogens is 304 g/mol. The Labute approximate surface area is 138 Å². The molecule has 7 nitrogen and oxygen atoms in total. The molecule has 0 saturated heterocycles. The number of esters is 1. The fourth-order valence-electron chi connectivity index (χ4n) is 1.40. The van der Waals surface area contributed by atoms with E-state index in [4.69, 9.17) is 34.8 Å². The zero-order chi connectivity index (χ0) is 17.0. The molecule has 134 valence electrons. The van der Waals surface area contributed by atoms with Gasteiger partial charge < -0.3 is 28.4 Å². The predicted molar refractivity (Wildman–Crippen MR) is 84.2 cm³/mol. The van der Waals surface area contributed by atoms with Crippen molar-refractivity contribution in [3.8, 4) is 12.3 Å². The second kappa shape index (κ2) is 18.9. The average Bonchev–Trinajstić information content (AvgIpc) is 2.54. The minimum Gasteiger partial charge on any atom is -0.466 e. The predicted octanol–water partition coefficient (Wildman–Crippen LogP) is 0.656. The molecule has 0 N–H and O–H groups in total. The second-order valence-corrected chi connectivity index (χ2v) is 4.26. The lowest BCUT2D eigenvalue weighted by Crippen LogP contribution is -2.14. The summed E-state index contributed by atoms with van der Waals surface area (Å²) in [5.74, 6) is 2.13. The van der Waals surface area contributed by atoms with Gasteiger partial charge in [0.1, 0.15) is 6.61 Å². The first-order chi connectivity index (χ1) is 11.3. The van der Waals surface area contributed by atoms with Gasteiger partial charge in [0.15, 0.2) is 0 Å². The molecule has 0 radical (unpaired) electrons. The molecule has 0 bridgehead atoms. The third kappa shape index (κ3) is 18.8. The van der Waals surface area contributed by atoms with E-state index in [0.717, 1.165) is 0 Å². The highest BCUT2D eigenvalue weighted by molar-refractivity contribution is 5.69. The van der Waals surface area contributed by atoms with Crippen molar-refractivity contribution in [3.05, 3.63) is 0 Å². The average molecular weight is 332 g/mol. The first-order valence-electron chi connectivity index (χ1n) is 7.79. The number of hydrogen-bond acceptors (Lipinski definition) is 7. The van der Waals surface area contributed by atoms with E-state index in [2.05, 4.69) is 5.92 Å². The molecule has 0 aliphatic heterocycles. The maximum Gasteiger partial charge on any atom is 0.308 e. The van der Waals surface area contributed by atoms with Crippen LogP contribution in [0.1, 0.15) is 13.3 Å². The number of carbonyl (C=O) groups excluding carboxylic acids is 1. The Morgan fingerprint density at radius 1 is 0.783 bits per heavy atom. The van der Waals surface area contributed by atoms with Crippen molar-refractivity contribution in [1.29, 1.82) is 0 Å². The zero-order valence-corrected chi connectivity index (χ0v) is 13.9. The lowest BCUT2D eigenvalue weighted by atomic mass is 10.5. The Kier molecular flexibility index (Phi) is 17.9. The van der Waals surface area contributed by atoms with Gasteiger partial charge in [0.25, 0.3) is 0 Å². The molecule has 0 rings (SSSR count). The second-order valence-electron chi connectivity index (χ2n) is 4.26. The number of terminal acetylenes is 1. The fraction of sp³-hybridized carbons (Fsp3) is 0.812. The summed E-state index contributed by atoms with van der Waals surface area (Å²) in [6, 6.07) is 0. The summed E-state index contributed by atoms with van der Waals surface area (Å²) < 4.78 is 31.0. The summed E-state index contributed by atoms with van der Waals surface area (Å²) in [5.41, 5.74) is 0. The highest BCUT2D eigenvalue weighted by Crippen LogP contribution is 1.89. The van der Waals surface area contributed by atoms with Crippen LogP contribution in [0.25, 0.3) is 0 Å². The first kappa shape index (κ1) is 21.8. The van der Waals surface area contributed by atoms with Crippen LogP contribution in [-0.4, -0.2) is 78.6 Å². The number of ether oxygens (including phenoxy) is 6. The van der Waals surface area contributed by atoms with E-state index in [1.165, 1.54) is 0 Å². The largest absolute Gasteiger partial charge is 0.466 e. The lowest BCUT2D eigenvalue weighted by molar-refractivity contribution is -0.144. The molecule has 0 aliphatic carbocycles. The highest BCUT2D eigenvalue weighted by atomic mass is 16.6. The minimum atomic E-state index is -0.244. The van der Waals surface area contributed by atoms with E-state index < -0.39 is 0 Å². The molecule has 0 aliphatic rings. The van der Waals surface area contributed by atoms with E-state index in [0.29, 0.717) is 72.7 Å². The van der Waals surface area contributed by atoms with E-state index in [9.17, 15) is 4.79 Å². The lowest BCUT2D eigenvalue weighted by Gasteiger charge is -2.07. The molecular formula is C16H28O7. The maximum absolute atomic E-state index is 11.0. The molecule has 0 fully saturated rings. The van der Waals surface area contributed by atoms with Gasteiger partial charge in [0.2, 0.25) is 0 Å². The molecule has 0 amide bonds. The van der Waals surface area contributed by atoms with Gasteiger partial charge in [-0.2, -0.15) is 0 Å². The summed E-state index contributed by atoms with van der Waals surface area (Å²) in [6.07, 6.45) is 5.30. The van der Waals surface area contributed by atoms with Crippen LogP contribution in [0.2, 0.25) is 0 Å². The van der Waals surface area contributed by atoms with Crippen LogP contribution in [0.15, 0.2) is 0 Å². The van der Waals surface area contributed by atoms with Gasteiger partial charge in [-0.25, -0.2) is 0 Å². The van der Waals surface area contributed by atoms with Crippen LogP contribution in [0.5, 0.6) is 0 Å². The molecule has 0 spiro atoms. The van der Waals surface area contributed by atoms with Crippen molar-refractivity contribution >= 4 is 5.97 Å². The van der Waals surface area contributed by atoms with Crippen molar-refractivity contribution in [2.75, 3.05) is 72.7 Å². The van der Waals surface area contributed by atoms with Crippen LogP contribution in [0.3, 0.4) is 0 Å². The third-order valence-corrected chi connectivity index (χ3v) is 2.43. The third-order valence-electron chi connectivity index (χ3n) is 2.43. The normalized spacial score (nSPS) is 10.4. The van der Waals surface area contributed by atoms with E-state index in [1.54, 1.807) is 6.92 Å². The summed E-state index contributed by atoms with van der Waals surface area (Å²) >= 11 is 0. The van der Waals surface area contributed by atoms with Gasteiger partial charge >= 0.3 is 5.97 Å². The molecule has 7 heteroatoms. The number of hydrogen-bond donors (Lipinski definition) is 0. The van der Waals surface area contributed by atoms with Crippen molar-refractivity contribution in [2.45, 2.75) is 13.3 Å². The molecule has 0 heterocycles. The molecule has 0 saturated carbocycles. The molecule has 0 aromatic heterocycles. The van der Waals surface area contributed by atoms with Gasteiger partial charge in [-0.05, 0) is 6.92 Å². The highest BCUT2D eigenvalue weighted by Gasteiger charge is 2.00. The number of carbonyl (C=O) groups is 1. The first-order valence-corrected chi connectivity index (χ1v) is 7.79. The van der Waals surface area contributed by atoms with Crippen LogP contribution in [-0.2, 0) is 33.2 Å². The van der Waals surface area contributed by atoms with Crippen LogP contribution >= 0.6 is 0 Å². The minimum absolute atomic E-state index is 0.244. The zero-order valence-electron chi connectivity index (χ0n) is 13.9. The van der Waals surface area contributed by atoms with Crippen LogP contribution in [0.4, 0.5) is 0 Å². The van der Waals surface area contributed by atoms with Crippen molar-refractivity contribution in [3.63, 3.8) is 0 Å². The SMILES string of the molecule is C#CCOCCOCCOCCOCCOCCC(=O)OCC. The summed E-state index contributed by atoms with van der Waals surface area (Å²) in [5, 5.41) is 0. The fourth-order valence-corrected chi connectivity index (χ4v) is 1.40. The Hall–Kier alpha value is -1.17. The van der Waals surface area contributed by atoms with Gasteiger partial charge in [0.05, 0.1) is 72.5 Å². The van der Waals surface area contributed by atoms with Crippen molar-refractivity contribution < 1.29 is 33.2 Å². The van der Waals surface area contributed by atoms with Gasteiger partial charge in [-0.1, -0.05) is 5.92 Å². The molecule has 0 aromatic rings. The standard InChI is InChI=1S/C16H28O7/c1-3-6-18-8-10-20-12-14-22-15-13-21-11-9-19-7-5-16(17)23-4-2/h1H,4-15H2,2H3. The van der Waals surface area contributed by atoms with Crippen molar-refractivity contribution in [2.24, 2.45) is 0 Å². The van der Waals surface area contributed by atoms with E-state index >= 15 is 0 Å². The summed E-state index contributed by atoms with van der Waals surface area (Å²) in [7, 11) is 0. The van der Waals surface area contributed by atoms with E-state index in [1.807, 2.05) is 0 Å². The topological polar surface area (TPSA) is 72.5 Å². The Balaban J connectivity index is 3.03. The quantitative estimate of drug-likeness (QED) is 0.220. The van der Waals surface area contributed by atoms with Gasteiger partial charge in [-0.15, -0.1) is 6.42 Å². The molecule has 23 heavy (non-hydrogen) atoms. The summed E-state index contributed by atoms with van der Waals surface area (Å²) in [6.45, 7) is 6.74. The molecule has 0 aromatic carbocycles. The van der Waals surface area contributed by atoms with Crippen molar-refractivity contribution in [1.82, 2.24) is 0 Å². The van der Waals surface area contributed by atoms with Gasteiger partial charge in [-0.3, -0.25) is 4.79 Å². The van der Waals surface area contributed by atoms with Gasteiger partial charge in [0, 0.05) is 0 Å². The summed E-state index contributed by atoms with van der Waals surface area (Å²) in [4.78, 5) is 11.0. The monoisotopic (exact) mass is 332 g/mol. The Morgan fingerprint density at radius 3 is 1.65 bits per heavy atom. The number of rotatable bonds is 17.